The lowest BCUT2D eigenvalue weighted by molar-refractivity contribution is 0.941. The minimum absolute atomic E-state index is 0.151. The Morgan fingerprint density at radius 2 is 2.00 bits per heavy atom. The predicted octanol–water partition coefficient (Wildman–Crippen LogP) is 2.14. The van der Waals surface area contributed by atoms with Crippen LogP contribution in [0.15, 0.2) is 18.3 Å². The first-order valence-electron chi connectivity index (χ1n) is 5.99. The van der Waals surface area contributed by atoms with Gasteiger partial charge in [0.15, 0.2) is 0 Å². The summed E-state index contributed by atoms with van der Waals surface area (Å²) in [5.41, 5.74) is 2.18. The van der Waals surface area contributed by atoms with Gasteiger partial charge in [0, 0.05) is 13.2 Å². The van der Waals surface area contributed by atoms with Crippen LogP contribution in [0.4, 0.5) is 11.9 Å². The van der Waals surface area contributed by atoms with Crippen molar-refractivity contribution in [2.75, 3.05) is 17.7 Å². The van der Waals surface area contributed by atoms with Crippen molar-refractivity contribution in [1.82, 2.24) is 19.9 Å². The monoisotopic (exact) mass is 278 g/mol. The maximum Gasteiger partial charge on any atom is 0.229 e. The van der Waals surface area contributed by atoms with Crippen molar-refractivity contribution in [3.63, 3.8) is 0 Å². The minimum Gasteiger partial charge on any atom is -0.357 e. The van der Waals surface area contributed by atoms with E-state index in [1.54, 1.807) is 13.2 Å². The van der Waals surface area contributed by atoms with Crippen LogP contribution in [0.5, 0.6) is 0 Å². The van der Waals surface area contributed by atoms with Crippen molar-refractivity contribution in [3.05, 3.63) is 34.9 Å². The smallest absolute Gasteiger partial charge is 0.229 e. The number of anilines is 2. The van der Waals surface area contributed by atoms with Crippen molar-refractivity contribution >= 4 is 23.5 Å². The van der Waals surface area contributed by atoms with Crippen LogP contribution in [0.3, 0.4) is 0 Å². The number of nitrogens with zero attached hydrogens (tertiary/aromatic N) is 4. The quantitative estimate of drug-likeness (QED) is 0.873. The maximum absolute atomic E-state index is 5.81. The number of aromatic nitrogens is 4. The molecule has 0 radical (unpaired) electrons. The number of nitrogens with one attached hydrogen (secondary N) is 2. The third-order valence-corrected chi connectivity index (χ3v) is 2.78. The van der Waals surface area contributed by atoms with E-state index in [9.17, 15) is 0 Å². The molecule has 0 aliphatic rings. The zero-order valence-corrected chi connectivity index (χ0v) is 11.6. The van der Waals surface area contributed by atoms with Gasteiger partial charge in [-0.1, -0.05) is 13.0 Å². The lowest BCUT2D eigenvalue weighted by atomic mass is 10.1. The Bertz CT molecular complexity index is 560. The molecule has 0 aliphatic heterocycles. The Morgan fingerprint density at radius 3 is 2.74 bits per heavy atom. The molecule has 100 valence electrons. The van der Waals surface area contributed by atoms with Crippen molar-refractivity contribution < 1.29 is 0 Å². The van der Waals surface area contributed by atoms with Crippen molar-refractivity contribution in [2.24, 2.45) is 0 Å². The first kappa shape index (κ1) is 13.5. The van der Waals surface area contributed by atoms with E-state index >= 15 is 0 Å². The number of hydrogen-bond donors (Lipinski definition) is 2. The zero-order valence-electron chi connectivity index (χ0n) is 10.8. The molecule has 0 saturated heterocycles. The summed E-state index contributed by atoms with van der Waals surface area (Å²) in [7, 11) is 1.73. The maximum atomic E-state index is 5.81. The second-order valence-electron chi connectivity index (χ2n) is 3.82. The number of aryl methyl sites for hydroxylation is 1. The van der Waals surface area contributed by atoms with E-state index in [1.807, 2.05) is 6.07 Å². The van der Waals surface area contributed by atoms with Gasteiger partial charge in [-0.15, -0.1) is 0 Å². The zero-order chi connectivity index (χ0) is 13.7. The molecule has 19 heavy (non-hydrogen) atoms. The molecule has 0 saturated carbocycles. The van der Waals surface area contributed by atoms with Gasteiger partial charge in [-0.2, -0.15) is 15.0 Å². The molecule has 2 rings (SSSR count). The van der Waals surface area contributed by atoms with Gasteiger partial charge in [-0.25, -0.2) is 0 Å². The van der Waals surface area contributed by atoms with E-state index in [0.29, 0.717) is 18.4 Å². The molecular weight excluding hydrogens is 264 g/mol. The summed E-state index contributed by atoms with van der Waals surface area (Å²) in [4.78, 5) is 16.4. The van der Waals surface area contributed by atoms with Crippen LogP contribution in [0.2, 0.25) is 5.28 Å². The molecule has 0 amide bonds. The lowest BCUT2D eigenvalue weighted by Gasteiger charge is -2.08. The topological polar surface area (TPSA) is 75.6 Å². The summed E-state index contributed by atoms with van der Waals surface area (Å²) in [6.45, 7) is 2.65. The van der Waals surface area contributed by atoms with Gasteiger partial charge in [0.1, 0.15) is 0 Å². The van der Waals surface area contributed by atoms with E-state index in [0.717, 1.165) is 12.1 Å². The molecule has 0 atom stereocenters. The van der Waals surface area contributed by atoms with Crippen LogP contribution in [0, 0.1) is 0 Å². The van der Waals surface area contributed by atoms with Gasteiger partial charge in [0.25, 0.3) is 0 Å². The van der Waals surface area contributed by atoms with Crippen LogP contribution >= 0.6 is 11.6 Å². The van der Waals surface area contributed by atoms with Gasteiger partial charge in [-0.05, 0) is 29.7 Å². The summed E-state index contributed by atoms with van der Waals surface area (Å²) >= 11 is 5.81. The van der Waals surface area contributed by atoms with E-state index < -0.39 is 0 Å². The first-order chi connectivity index (χ1) is 9.22. The van der Waals surface area contributed by atoms with Crippen LogP contribution < -0.4 is 10.6 Å². The average molecular weight is 279 g/mol. The van der Waals surface area contributed by atoms with Gasteiger partial charge in [-0.3, -0.25) is 4.98 Å². The Labute approximate surface area is 116 Å². The lowest BCUT2D eigenvalue weighted by Crippen LogP contribution is -2.09. The van der Waals surface area contributed by atoms with Crippen LogP contribution in [-0.4, -0.2) is 27.0 Å². The second-order valence-corrected chi connectivity index (χ2v) is 4.16. The fourth-order valence-corrected chi connectivity index (χ4v) is 1.82. The fraction of sp³-hybridized carbons (Fsp3) is 0.333. The van der Waals surface area contributed by atoms with Crippen molar-refractivity contribution in [1.29, 1.82) is 0 Å². The first-order valence-corrected chi connectivity index (χ1v) is 6.36. The Balaban J connectivity index is 2.12. The molecule has 7 heteroatoms. The normalized spacial score (nSPS) is 10.3. The molecule has 0 aliphatic carbocycles. The highest BCUT2D eigenvalue weighted by Gasteiger charge is 2.05. The van der Waals surface area contributed by atoms with Gasteiger partial charge in [0.05, 0.1) is 12.2 Å². The van der Waals surface area contributed by atoms with Crippen LogP contribution in [-0.2, 0) is 13.0 Å². The molecule has 0 fully saturated rings. The molecule has 6 nitrogen and oxygen atoms in total. The van der Waals surface area contributed by atoms with Crippen LogP contribution in [0.1, 0.15) is 18.2 Å². The summed E-state index contributed by atoms with van der Waals surface area (Å²) in [6, 6.07) is 3.99. The largest absolute Gasteiger partial charge is 0.357 e. The van der Waals surface area contributed by atoms with Crippen molar-refractivity contribution in [3.8, 4) is 0 Å². The summed E-state index contributed by atoms with van der Waals surface area (Å²) in [5.74, 6) is 0.858. The second kappa shape index (κ2) is 6.29. The fourth-order valence-electron chi connectivity index (χ4n) is 1.66. The van der Waals surface area contributed by atoms with E-state index in [4.69, 9.17) is 11.6 Å². The highest BCUT2D eigenvalue weighted by atomic mass is 35.5. The van der Waals surface area contributed by atoms with Gasteiger partial charge in [0.2, 0.25) is 17.2 Å². The summed E-state index contributed by atoms with van der Waals surface area (Å²) < 4.78 is 0. The Hall–Kier alpha value is -1.95. The third-order valence-electron chi connectivity index (χ3n) is 2.61. The minimum atomic E-state index is 0.151. The highest BCUT2D eigenvalue weighted by molar-refractivity contribution is 6.28. The number of rotatable bonds is 5. The van der Waals surface area contributed by atoms with Gasteiger partial charge >= 0.3 is 0 Å². The predicted molar refractivity (Wildman–Crippen MR) is 75.3 cm³/mol. The van der Waals surface area contributed by atoms with Crippen LogP contribution in [0.25, 0.3) is 0 Å². The van der Waals surface area contributed by atoms with Gasteiger partial charge < -0.3 is 10.6 Å². The third kappa shape index (κ3) is 3.51. The molecule has 2 aromatic heterocycles. The highest BCUT2D eigenvalue weighted by Crippen LogP contribution is 2.11. The molecule has 0 aromatic carbocycles. The molecule has 2 aromatic rings. The average Bonchev–Trinajstić information content (AvgIpc) is 2.44. The Morgan fingerprint density at radius 1 is 1.21 bits per heavy atom. The molecule has 0 bridgehead atoms. The van der Waals surface area contributed by atoms with Crippen molar-refractivity contribution in [2.45, 2.75) is 19.9 Å². The standard InChI is InChI=1S/C12H15ClN6/c1-3-8-5-4-6-15-9(8)7-16-12-18-10(13)17-11(14-2)19-12/h4-6H,3,7H2,1-2H3,(H2,14,16,17,18,19). The summed E-state index contributed by atoms with van der Waals surface area (Å²) in [6.07, 6.45) is 2.71. The molecule has 2 heterocycles. The molecular formula is C12H15ClN6. The molecule has 0 unspecified atom stereocenters. The SMILES string of the molecule is CCc1cccnc1CNc1nc(Cl)nc(NC)n1. The molecule has 2 N–H and O–H groups in total. The summed E-state index contributed by atoms with van der Waals surface area (Å²) in [5, 5.41) is 6.08. The Kier molecular flexibility index (Phi) is 4.46. The van der Waals surface area contributed by atoms with E-state index in [2.05, 4.69) is 43.6 Å². The van der Waals surface area contributed by atoms with E-state index in [1.165, 1.54) is 5.56 Å². The number of pyridine rings is 1. The number of halogens is 1. The number of hydrogen-bond acceptors (Lipinski definition) is 6. The van der Waals surface area contributed by atoms with E-state index in [-0.39, 0.29) is 5.28 Å². The molecule has 0 spiro atoms.